The smallest absolute Gasteiger partial charge is 0.320 e. The number of amides is 2. The summed E-state index contributed by atoms with van der Waals surface area (Å²) in [5.74, 6) is 0.694. The lowest BCUT2D eigenvalue weighted by molar-refractivity contribution is 0.187. The Kier molecular flexibility index (Phi) is 7.07. The zero-order valence-electron chi connectivity index (χ0n) is 14.9. The van der Waals surface area contributed by atoms with Crippen LogP contribution in [0.5, 0.6) is 5.75 Å². The molecule has 25 heavy (non-hydrogen) atoms. The summed E-state index contributed by atoms with van der Waals surface area (Å²) in [7, 11) is 0. The van der Waals surface area contributed by atoms with E-state index in [1.54, 1.807) is 17.3 Å². The van der Waals surface area contributed by atoms with Crippen LogP contribution in [0.3, 0.4) is 0 Å². The van der Waals surface area contributed by atoms with Gasteiger partial charge in [-0.2, -0.15) is 0 Å². The van der Waals surface area contributed by atoms with Crippen molar-refractivity contribution in [3.8, 4) is 5.75 Å². The number of hydrogen-bond donors (Lipinski definition) is 1. The Morgan fingerprint density at radius 2 is 1.88 bits per heavy atom. The van der Waals surface area contributed by atoms with Crippen molar-refractivity contribution in [1.29, 1.82) is 0 Å². The van der Waals surface area contributed by atoms with E-state index < -0.39 is 0 Å². The molecule has 0 aliphatic carbocycles. The van der Waals surface area contributed by atoms with E-state index >= 15 is 0 Å². The van der Waals surface area contributed by atoms with Crippen LogP contribution in [-0.2, 0) is 6.42 Å². The van der Waals surface area contributed by atoms with Crippen LogP contribution in [0.4, 0.5) is 4.79 Å². The predicted octanol–water partition coefficient (Wildman–Crippen LogP) is 3.96. The van der Waals surface area contributed by atoms with Gasteiger partial charge in [0.1, 0.15) is 5.75 Å². The van der Waals surface area contributed by atoms with Gasteiger partial charge in [-0.05, 0) is 68.1 Å². The van der Waals surface area contributed by atoms with Gasteiger partial charge in [-0.25, -0.2) is 4.79 Å². The minimum atomic E-state index is -0.140. The van der Waals surface area contributed by atoms with Gasteiger partial charge in [0.2, 0.25) is 0 Å². The van der Waals surface area contributed by atoms with E-state index in [0.29, 0.717) is 18.8 Å². The van der Waals surface area contributed by atoms with Gasteiger partial charge in [0.15, 0.2) is 6.73 Å². The van der Waals surface area contributed by atoms with Crippen LogP contribution < -0.4 is 10.1 Å². The molecular formula is C19H24ClN3O2. The molecule has 2 rings (SSSR count). The highest BCUT2D eigenvalue weighted by molar-refractivity contribution is 6.32. The summed E-state index contributed by atoms with van der Waals surface area (Å²) in [6.45, 7) is 7.21. The molecule has 6 heteroatoms. The molecule has 0 unspecified atom stereocenters. The van der Waals surface area contributed by atoms with Crippen molar-refractivity contribution in [3.05, 3.63) is 58.4 Å². The van der Waals surface area contributed by atoms with Gasteiger partial charge in [-0.15, -0.1) is 0 Å². The van der Waals surface area contributed by atoms with Crippen LogP contribution >= 0.6 is 11.6 Å². The largest absolute Gasteiger partial charge is 0.473 e. The van der Waals surface area contributed by atoms with Gasteiger partial charge in [0.05, 0.1) is 0 Å². The third kappa shape index (κ3) is 5.64. The number of urea groups is 1. The maximum Gasteiger partial charge on any atom is 0.320 e. The van der Waals surface area contributed by atoms with Crippen LogP contribution in [0.25, 0.3) is 0 Å². The number of aromatic nitrogens is 1. The molecule has 1 aromatic carbocycles. The number of rotatable bonds is 7. The van der Waals surface area contributed by atoms with Crippen molar-refractivity contribution < 1.29 is 9.53 Å². The molecule has 2 amide bonds. The fourth-order valence-corrected chi connectivity index (χ4v) is 2.61. The molecule has 2 aromatic rings. The predicted molar refractivity (Wildman–Crippen MR) is 100 cm³/mol. The minimum absolute atomic E-state index is 0.116. The quantitative estimate of drug-likeness (QED) is 0.759. The molecular weight excluding hydrogens is 338 g/mol. The van der Waals surface area contributed by atoms with E-state index in [1.165, 1.54) is 0 Å². The summed E-state index contributed by atoms with van der Waals surface area (Å²) in [6.07, 6.45) is 4.31. The lowest BCUT2D eigenvalue weighted by Crippen LogP contribution is -2.42. The number of pyridine rings is 1. The van der Waals surface area contributed by atoms with Crippen LogP contribution in [0.2, 0.25) is 5.02 Å². The van der Waals surface area contributed by atoms with Gasteiger partial charge in [0, 0.05) is 30.5 Å². The number of nitrogens with zero attached hydrogens (tertiary/aromatic N) is 2. The van der Waals surface area contributed by atoms with E-state index in [1.807, 2.05) is 45.0 Å². The first-order chi connectivity index (χ1) is 12.0. The van der Waals surface area contributed by atoms with Gasteiger partial charge in [-0.1, -0.05) is 11.6 Å². The lowest BCUT2D eigenvalue weighted by atomic mass is 10.1. The summed E-state index contributed by atoms with van der Waals surface area (Å²) < 4.78 is 5.63. The first kappa shape index (κ1) is 19.1. The van der Waals surface area contributed by atoms with Crippen LogP contribution in [0.1, 0.15) is 23.6 Å². The number of nitrogens with one attached hydrogen (secondary N) is 1. The Balaban J connectivity index is 1.81. The Morgan fingerprint density at radius 1 is 1.24 bits per heavy atom. The Hall–Kier alpha value is -2.27. The second-order valence-electron chi connectivity index (χ2n) is 5.83. The van der Waals surface area contributed by atoms with Crippen LogP contribution in [0, 0.1) is 13.8 Å². The third-order valence-electron chi connectivity index (χ3n) is 3.96. The van der Waals surface area contributed by atoms with Gasteiger partial charge < -0.3 is 15.0 Å². The third-order valence-corrected chi connectivity index (χ3v) is 4.56. The average molecular weight is 362 g/mol. The van der Waals surface area contributed by atoms with Crippen LogP contribution in [-0.4, -0.2) is 35.7 Å². The lowest BCUT2D eigenvalue weighted by Gasteiger charge is -2.21. The molecule has 0 spiro atoms. The molecule has 0 saturated heterocycles. The van der Waals surface area contributed by atoms with Crippen molar-refractivity contribution >= 4 is 17.6 Å². The molecule has 0 fully saturated rings. The summed E-state index contributed by atoms with van der Waals surface area (Å²) in [5.41, 5.74) is 3.07. The van der Waals surface area contributed by atoms with E-state index in [0.717, 1.165) is 28.1 Å². The summed E-state index contributed by atoms with van der Waals surface area (Å²) in [4.78, 5) is 18.0. The van der Waals surface area contributed by atoms with Crippen molar-refractivity contribution in [2.24, 2.45) is 0 Å². The number of likely N-dealkylation sites (N-methyl/N-ethyl adjacent to an activating group) is 1. The molecule has 1 heterocycles. The van der Waals surface area contributed by atoms with E-state index in [9.17, 15) is 4.79 Å². The summed E-state index contributed by atoms with van der Waals surface area (Å²) in [5, 5.41) is 3.53. The SMILES string of the molecule is CCN(CCc1ccncc1)C(=O)NCOc1cc(C)c(Cl)c(C)c1. The second kappa shape index (κ2) is 9.28. The monoisotopic (exact) mass is 361 g/mol. The minimum Gasteiger partial charge on any atom is -0.473 e. The second-order valence-corrected chi connectivity index (χ2v) is 6.20. The molecule has 0 saturated carbocycles. The summed E-state index contributed by atoms with van der Waals surface area (Å²) in [6, 6.07) is 7.50. The maximum absolute atomic E-state index is 12.3. The molecule has 5 nitrogen and oxygen atoms in total. The molecule has 1 aromatic heterocycles. The van der Waals surface area contributed by atoms with Gasteiger partial charge >= 0.3 is 6.03 Å². The fraction of sp³-hybridized carbons (Fsp3) is 0.368. The normalized spacial score (nSPS) is 10.4. The maximum atomic E-state index is 12.3. The number of hydrogen-bond acceptors (Lipinski definition) is 3. The van der Waals surface area contributed by atoms with Gasteiger partial charge in [-0.3, -0.25) is 4.98 Å². The Bertz CT molecular complexity index is 684. The van der Waals surface area contributed by atoms with Crippen LogP contribution in [0.15, 0.2) is 36.7 Å². The zero-order valence-corrected chi connectivity index (χ0v) is 15.6. The number of ether oxygens (including phenoxy) is 1. The number of carbonyl (C=O) groups excluding carboxylic acids is 1. The molecule has 0 bridgehead atoms. The zero-order chi connectivity index (χ0) is 18.2. The topological polar surface area (TPSA) is 54.5 Å². The highest BCUT2D eigenvalue weighted by atomic mass is 35.5. The molecule has 0 radical (unpaired) electrons. The average Bonchev–Trinajstić information content (AvgIpc) is 2.61. The molecule has 0 aliphatic heterocycles. The standard InChI is InChI=1S/C19H24ClN3O2/c1-4-23(10-7-16-5-8-21-9-6-16)19(24)22-13-25-17-11-14(2)18(20)15(3)12-17/h5-6,8-9,11-12H,4,7,10,13H2,1-3H3,(H,22,24). The summed E-state index contributed by atoms with van der Waals surface area (Å²) >= 11 is 6.14. The number of benzene rings is 1. The first-order valence-electron chi connectivity index (χ1n) is 8.32. The molecule has 134 valence electrons. The number of aryl methyl sites for hydroxylation is 2. The number of halogens is 1. The number of carbonyl (C=O) groups is 1. The molecule has 0 aliphatic rings. The van der Waals surface area contributed by atoms with E-state index in [4.69, 9.17) is 16.3 Å². The van der Waals surface area contributed by atoms with Crippen molar-refractivity contribution in [2.75, 3.05) is 19.8 Å². The molecule has 1 N–H and O–H groups in total. The highest BCUT2D eigenvalue weighted by Crippen LogP contribution is 2.25. The van der Waals surface area contributed by atoms with Crippen molar-refractivity contribution in [3.63, 3.8) is 0 Å². The van der Waals surface area contributed by atoms with Crippen molar-refractivity contribution in [1.82, 2.24) is 15.2 Å². The Labute approximate surface area is 154 Å². The molecule has 0 atom stereocenters. The van der Waals surface area contributed by atoms with Crippen molar-refractivity contribution in [2.45, 2.75) is 27.2 Å². The van der Waals surface area contributed by atoms with Gasteiger partial charge in [0.25, 0.3) is 0 Å². The first-order valence-corrected chi connectivity index (χ1v) is 8.70. The van der Waals surface area contributed by atoms with E-state index in [-0.39, 0.29) is 12.8 Å². The fourth-order valence-electron chi connectivity index (χ4n) is 2.50. The van der Waals surface area contributed by atoms with E-state index in [2.05, 4.69) is 10.3 Å². The Morgan fingerprint density at radius 3 is 2.48 bits per heavy atom. The highest BCUT2D eigenvalue weighted by Gasteiger charge is 2.11.